The quantitative estimate of drug-likeness (QED) is 0.166. The molecule has 9 aromatic carbocycles. The summed E-state index contributed by atoms with van der Waals surface area (Å²) in [4.78, 5) is 3.69. The van der Waals surface area contributed by atoms with Crippen molar-refractivity contribution in [2.24, 2.45) is 0 Å². The van der Waals surface area contributed by atoms with E-state index < -0.39 is 5.41 Å². The summed E-state index contributed by atoms with van der Waals surface area (Å²) in [7, 11) is 0. The third-order valence-corrected chi connectivity index (χ3v) is 15.1. The number of para-hydroxylation sites is 1. The number of nitrogens with zero attached hydrogens (tertiary/aromatic N) is 1. The molecule has 0 bridgehead atoms. The van der Waals surface area contributed by atoms with E-state index in [0.717, 1.165) is 44.6 Å². The zero-order valence-corrected chi connectivity index (χ0v) is 35.8. The lowest BCUT2D eigenvalue weighted by Crippen LogP contribution is -2.28. The number of benzene rings is 9. The van der Waals surface area contributed by atoms with Crippen LogP contribution in [0, 0.1) is 0 Å². The fraction of sp³-hybridized carbons (Fsp3) is 0.0667. The summed E-state index contributed by atoms with van der Waals surface area (Å²) in [5, 5.41) is 3.53. The van der Waals surface area contributed by atoms with Crippen LogP contribution in [0.15, 0.2) is 217 Å². The van der Waals surface area contributed by atoms with Crippen LogP contribution in [0.4, 0.5) is 17.1 Å². The molecule has 0 spiro atoms. The van der Waals surface area contributed by atoms with Crippen LogP contribution in [-0.2, 0) is 10.8 Å². The molecule has 0 radical (unpaired) electrons. The molecule has 0 N–H and O–H groups in total. The third kappa shape index (κ3) is 5.12. The summed E-state index contributed by atoms with van der Waals surface area (Å²) in [6.07, 6.45) is 0. The summed E-state index contributed by atoms with van der Waals surface area (Å²) in [5.41, 5.74) is 18.7. The Morgan fingerprint density at radius 3 is 1.79 bits per heavy atom. The van der Waals surface area contributed by atoms with E-state index in [1.807, 2.05) is 11.3 Å². The van der Waals surface area contributed by atoms with Gasteiger partial charge in [-0.25, -0.2) is 0 Å². The molecule has 63 heavy (non-hydrogen) atoms. The first-order valence-electron chi connectivity index (χ1n) is 21.8. The van der Waals surface area contributed by atoms with E-state index in [-0.39, 0.29) is 5.41 Å². The molecule has 0 unspecified atom stereocenters. The van der Waals surface area contributed by atoms with Gasteiger partial charge in [-0.1, -0.05) is 166 Å². The van der Waals surface area contributed by atoms with Crippen LogP contribution in [-0.4, -0.2) is 0 Å². The van der Waals surface area contributed by atoms with Crippen LogP contribution < -0.4 is 4.90 Å². The standard InChI is InChI=1S/C60H41NOS/c1-59(2)50-26-14-12-23-45(50)49-36-42(31-34-51(49)59)61(41-21-10-5-11-22-41)43-30-33-47-46-32-29-38(35-53(46)62-54(47)37-43)44-25-16-27-52-56(44)58-57(48-24-13-15-28-55(48)63-58)60(52,39-17-6-3-7-18-39)40-19-8-4-9-20-40/h3-37H,1-2H3. The maximum Gasteiger partial charge on any atom is 0.137 e. The molecule has 2 heterocycles. The number of furan rings is 1. The lowest BCUT2D eigenvalue weighted by Gasteiger charge is -2.34. The van der Waals surface area contributed by atoms with E-state index in [1.165, 1.54) is 70.6 Å². The van der Waals surface area contributed by atoms with Crippen molar-refractivity contribution >= 4 is 60.4 Å². The summed E-state index contributed by atoms with van der Waals surface area (Å²) in [6, 6.07) is 78.1. The Morgan fingerprint density at radius 1 is 0.429 bits per heavy atom. The second-order valence-electron chi connectivity index (χ2n) is 17.6. The lowest BCUT2D eigenvalue weighted by atomic mass is 9.67. The monoisotopic (exact) mass is 823 g/mol. The molecule has 0 saturated heterocycles. The summed E-state index contributed by atoms with van der Waals surface area (Å²) in [6.45, 7) is 4.67. The van der Waals surface area contributed by atoms with Crippen LogP contribution in [0.25, 0.3) is 64.7 Å². The number of rotatable bonds is 6. The lowest BCUT2D eigenvalue weighted by molar-refractivity contribution is 0.660. The molecule has 2 nitrogen and oxygen atoms in total. The highest BCUT2D eigenvalue weighted by Crippen LogP contribution is 2.63. The van der Waals surface area contributed by atoms with Gasteiger partial charge in [0.25, 0.3) is 0 Å². The minimum absolute atomic E-state index is 0.0546. The number of hydrogen-bond donors (Lipinski definition) is 0. The SMILES string of the molecule is CC1(C)c2ccccc2-c2cc(N(c3ccccc3)c3ccc4c(c3)oc3cc(-c5cccc6c5-c5sc7ccccc7c5C6(c5ccccc5)c5ccccc5)ccc34)ccc21. The predicted molar refractivity (Wildman–Crippen MR) is 264 cm³/mol. The number of hydrogen-bond acceptors (Lipinski definition) is 3. The highest BCUT2D eigenvalue weighted by molar-refractivity contribution is 7.22. The first-order chi connectivity index (χ1) is 31.0. The maximum absolute atomic E-state index is 6.92. The summed E-state index contributed by atoms with van der Waals surface area (Å²) < 4.78 is 8.22. The topological polar surface area (TPSA) is 16.4 Å². The number of thiophene rings is 1. The molecule has 13 rings (SSSR count). The van der Waals surface area contributed by atoms with Crippen molar-refractivity contribution in [3.63, 3.8) is 0 Å². The van der Waals surface area contributed by atoms with Gasteiger partial charge in [0.2, 0.25) is 0 Å². The molecule has 0 fully saturated rings. The fourth-order valence-electron chi connectivity index (χ4n) is 11.2. The largest absolute Gasteiger partial charge is 0.456 e. The molecule has 0 aliphatic heterocycles. The third-order valence-electron chi connectivity index (χ3n) is 13.9. The summed E-state index contributed by atoms with van der Waals surface area (Å²) >= 11 is 1.91. The molecular formula is C60H41NOS. The van der Waals surface area contributed by atoms with Crippen molar-refractivity contribution < 1.29 is 4.42 Å². The van der Waals surface area contributed by atoms with Gasteiger partial charge in [-0.3, -0.25) is 0 Å². The van der Waals surface area contributed by atoms with Gasteiger partial charge in [0.15, 0.2) is 0 Å². The Balaban J connectivity index is 0.974. The second kappa shape index (κ2) is 13.5. The van der Waals surface area contributed by atoms with Gasteiger partial charge < -0.3 is 9.32 Å². The molecule has 2 aliphatic rings. The van der Waals surface area contributed by atoms with Gasteiger partial charge in [-0.15, -0.1) is 11.3 Å². The van der Waals surface area contributed by atoms with Crippen molar-refractivity contribution in [1.29, 1.82) is 0 Å². The van der Waals surface area contributed by atoms with E-state index in [2.05, 4.69) is 231 Å². The minimum atomic E-state index is -0.480. The van der Waals surface area contributed by atoms with Crippen molar-refractivity contribution in [2.45, 2.75) is 24.7 Å². The van der Waals surface area contributed by atoms with Crippen LogP contribution in [0.3, 0.4) is 0 Å². The molecule has 298 valence electrons. The van der Waals surface area contributed by atoms with Gasteiger partial charge in [0.05, 0.1) is 5.41 Å². The zero-order valence-electron chi connectivity index (χ0n) is 35.0. The Morgan fingerprint density at radius 2 is 1.02 bits per heavy atom. The second-order valence-corrected chi connectivity index (χ2v) is 18.6. The zero-order chi connectivity index (χ0) is 41.9. The smallest absolute Gasteiger partial charge is 0.137 e. The molecule has 2 aliphatic carbocycles. The van der Waals surface area contributed by atoms with Gasteiger partial charge >= 0.3 is 0 Å². The molecule has 3 heteroatoms. The van der Waals surface area contributed by atoms with E-state index in [9.17, 15) is 0 Å². The Hall–Kier alpha value is -7.46. The molecule has 11 aromatic rings. The fourth-order valence-corrected chi connectivity index (χ4v) is 12.5. The van der Waals surface area contributed by atoms with Crippen LogP contribution in [0.5, 0.6) is 0 Å². The van der Waals surface area contributed by atoms with Gasteiger partial charge in [-0.2, -0.15) is 0 Å². The molecule has 0 saturated carbocycles. The highest BCUT2D eigenvalue weighted by Gasteiger charge is 2.49. The van der Waals surface area contributed by atoms with E-state index in [0.29, 0.717) is 0 Å². The van der Waals surface area contributed by atoms with Crippen molar-refractivity contribution in [3.05, 3.63) is 246 Å². The van der Waals surface area contributed by atoms with E-state index in [1.54, 1.807) is 0 Å². The van der Waals surface area contributed by atoms with Gasteiger partial charge in [-0.05, 0) is 116 Å². The van der Waals surface area contributed by atoms with E-state index in [4.69, 9.17) is 4.42 Å². The van der Waals surface area contributed by atoms with Gasteiger partial charge in [0.1, 0.15) is 11.2 Å². The molecule has 0 atom stereocenters. The van der Waals surface area contributed by atoms with Gasteiger partial charge in [0, 0.05) is 54.5 Å². The van der Waals surface area contributed by atoms with Crippen molar-refractivity contribution in [1.82, 2.24) is 0 Å². The average molecular weight is 824 g/mol. The first kappa shape index (κ1) is 36.2. The maximum atomic E-state index is 6.92. The molecule has 0 amide bonds. The van der Waals surface area contributed by atoms with Crippen LogP contribution in [0.2, 0.25) is 0 Å². The summed E-state index contributed by atoms with van der Waals surface area (Å²) in [5.74, 6) is 0. The first-order valence-corrected chi connectivity index (χ1v) is 22.6. The predicted octanol–water partition coefficient (Wildman–Crippen LogP) is 16.6. The Bertz CT molecular complexity index is 3560. The number of anilines is 3. The highest BCUT2D eigenvalue weighted by atomic mass is 32.1. The van der Waals surface area contributed by atoms with Crippen LogP contribution >= 0.6 is 11.3 Å². The Labute approximate surface area is 371 Å². The number of fused-ring (bicyclic) bond motifs is 11. The normalized spacial score (nSPS) is 14.1. The minimum Gasteiger partial charge on any atom is -0.456 e. The Kier molecular flexibility index (Phi) is 7.77. The average Bonchev–Trinajstić information content (AvgIpc) is 4.05. The molecule has 2 aromatic heterocycles. The molecular weight excluding hydrogens is 783 g/mol. The van der Waals surface area contributed by atoms with Crippen molar-refractivity contribution in [2.75, 3.05) is 4.90 Å². The van der Waals surface area contributed by atoms with Crippen LogP contribution in [0.1, 0.15) is 47.2 Å². The van der Waals surface area contributed by atoms with Crippen molar-refractivity contribution in [3.8, 4) is 32.7 Å². The van der Waals surface area contributed by atoms with E-state index >= 15 is 0 Å².